The van der Waals surface area contributed by atoms with E-state index in [2.05, 4.69) is 27.5 Å². The van der Waals surface area contributed by atoms with Gasteiger partial charge in [0.15, 0.2) is 5.13 Å². The molecule has 1 aromatic rings. The van der Waals surface area contributed by atoms with Gasteiger partial charge in [0.2, 0.25) is 0 Å². The molecule has 0 unspecified atom stereocenters. The monoisotopic (exact) mass is 213 g/mol. The molecule has 4 heteroatoms. The SMILES string of the molecule is CCCN(CCNC)c1nc(C)cs1. The summed E-state index contributed by atoms with van der Waals surface area (Å²) in [4.78, 5) is 6.84. The van der Waals surface area contributed by atoms with Crippen LogP contribution in [0.2, 0.25) is 0 Å². The minimum atomic E-state index is 1.01. The summed E-state index contributed by atoms with van der Waals surface area (Å²) in [5, 5.41) is 6.43. The summed E-state index contributed by atoms with van der Waals surface area (Å²) in [7, 11) is 1.98. The van der Waals surface area contributed by atoms with E-state index in [9.17, 15) is 0 Å². The van der Waals surface area contributed by atoms with Crippen LogP contribution in [0.3, 0.4) is 0 Å². The highest BCUT2D eigenvalue weighted by atomic mass is 32.1. The molecular weight excluding hydrogens is 194 g/mol. The maximum atomic E-state index is 4.50. The zero-order valence-electron chi connectivity index (χ0n) is 9.21. The second kappa shape index (κ2) is 5.98. The minimum Gasteiger partial charge on any atom is -0.347 e. The van der Waals surface area contributed by atoms with E-state index in [0.29, 0.717) is 0 Å². The van der Waals surface area contributed by atoms with E-state index >= 15 is 0 Å². The van der Waals surface area contributed by atoms with Crippen LogP contribution in [0, 0.1) is 6.92 Å². The smallest absolute Gasteiger partial charge is 0.185 e. The Labute approximate surface area is 90.2 Å². The summed E-state index contributed by atoms with van der Waals surface area (Å²) >= 11 is 1.74. The Kier molecular flexibility index (Phi) is 4.90. The number of hydrogen-bond acceptors (Lipinski definition) is 4. The van der Waals surface area contributed by atoms with Gasteiger partial charge < -0.3 is 10.2 Å². The zero-order chi connectivity index (χ0) is 10.4. The van der Waals surface area contributed by atoms with E-state index in [1.54, 1.807) is 11.3 Å². The number of rotatable bonds is 6. The predicted octanol–water partition coefficient (Wildman–Crippen LogP) is 1.89. The fraction of sp³-hybridized carbons (Fsp3) is 0.700. The summed E-state index contributed by atoms with van der Waals surface area (Å²) in [5.74, 6) is 0. The van der Waals surface area contributed by atoms with Crippen LogP contribution >= 0.6 is 11.3 Å². The van der Waals surface area contributed by atoms with Crippen LogP contribution in [0.25, 0.3) is 0 Å². The van der Waals surface area contributed by atoms with Gasteiger partial charge in [-0.05, 0) is 20.4 Å². The van der Waals surface area contributed by atoms with Crippen molar-refractivity contribution >= 4 is 16.5 Å². The number of nitrogens with zero attached hydrogens (tertiary/aromatic N) is 2. The third-order valence-electron chi connectivity index (χ3n) is 2.00. The quantitative estimate of drug-likeness (QED) is 0.782. The van der Waals surface area contributed by atoms with E-state index in [1.807, 2.05) is 14.0 Å². The first-order valence-corrected chi connectivity index (χ1v) is 5.97. The molecule has 0 fully saturated rings. The molecule has 0 radical (unpaired) electrons. The highest BCUT2D eigenvalue weighted by Gasteiger charge is 2.07. The molecule has 0 saturated heterocycles. The molecular formula is C10H19N3S. The lowest BCUT2D eigenvalue weighted by atomic mass is 10.4. The highest BCUT2D eigenvalue weighted by molar-refractivity contribution is 7.13. The van der Waals surface area contributed by atoms with Crippen molar-refractivity contribution in [3.05, 3.63) is 11.1 Å². The Morgan fingerprint density at radius 3 is 2.79 bits per heavy atom. The van der Waals surface area contributed by atoms with E-state index in [4.69, 9.17) is 0 Å². The Morgan fingerprint density at radius 2 is 2.29 bits per heavy atom. The van der Waals surface area contributed by atoms with E-state index < -0.39 is 0 Å². The number of likely N-dealkylation sites (N-methyl/N-ethyl adjacent to an activating group) is 1. The van der Waals surface area contributed by atoms with Crippen molar-refractivity contribution in [1.29, 1.82) is 0 Å². The lowest BCUT2D eigenvalue weighted by Gasteiger charge is -2.20. The maximum Gasteiger partial charge on any atom is 0.185 e. The van der Waals surface area contributed by atoms with Crippen molar-refractivity contribution in [2.45, 2.75) is 20.3 Å². The second-order valence-corrected chi connectivity index (χ2v) is 4.20. The van der Waals surface area contributed by atoms with Crippen molar-refractivity contribution in [1.82, 2.24) is 10.3 Å². The van der Waals surface area contributed by atoms with Gasteiger partial charge in [-0.1, -0.05) is 6.92 Å². The van der Waals surface area contributed by atoms with Gasteiger partial charge in [-0.15, -0.1) is 11.3 Å². The lowest BCUT2D eigenvalue weighted by Crippen LogP contribution is -2.31. The molecule has 0 saturated carbocycles. The Hall–Kier alpha value is -0.610. The number of nitrogens with one attached hydrogen (secondary N) is 1. The van der Waals surface area contributed by atoms with Gasteiger partial charge in [0, 0.05) is 25.0 Å². The van der Waals surface area contributed by atoms with Gasteiger partial charge in [0.25, 0.3) is 0 Å². The Morgan fingerprint density at radius 1 is 1.50 bits per heavy atom. The molecule has 0 aliphatic carbocycles. The third-order valence-corrected chi connectivity index (χ3v) is 3.02. The Balaban J connectivity index is 2.57. The van der Waals surface area contributed by atoms with Gasteiger partial charge in [-0.25, -0.2) is 4.98 Å². The zero-order valence-corrected chi connectivity index (χ0v) is 10.0. The molecule has 1 N–H and O–H groups in total. The van der Waals surface area contributed by atoms with Crippen molar-refractivity contribution in [2.24, 2.45) is 0 Å². The number of hydrogen-bond donors (Lipinski definition) is 1. The number of aromatic nitrogens is 1. The summed E-state index contributed by atoms with van der Waals surface area (Å²) in [5.41, 5.74) is 1.12. The molecule has 0 atom stereocenters. The molecule has 3 nitrogen and oxygen atoms in total. The topological polar surface area (TPSA) is 28.2 Å². The van der Waals surface area contributed by atoms with Crippen molar-refractivity contribution < 1.29 is 0 Å². The van der Waals surface area contributed by atoms with Crippen molar-refractivity contribution in [2.75, 3.05) is 31.6 Å². The van der Waals surface area contributed by atoms with E-state index in [1.165, 1.54) is 6.42 Å². The Bertz CT molecular complexity index is 260. The molecule has 0 aromatic carbocycles. The second-order valence-electron chi connectivity index (χ2n) is 3.36. The fourth-order valence-corrected chi connectivity index (χ4v) is 2.16. The average Bonchev–Trinajstić information content (AvgIpc) is 2.59. The molecule has 1 aromatic heterocycles. The minimum absolute atomic E-state index is 1.01. The first-order chi connectivity index (χ1) is 6.77. The van der Waals surface area contributed by atoms with Crippen molar-refractivity contribution in [3.63, 3.8) is 0 Å². The fourth-order valence-electron chi connectivity index (χ4n) is 1.31. The molecule has 0 aliphatic heterocycles. The van der Waals surface area contributed by atoms with Gasteiger partial charge in [0.05, 0.1) is 5.69 Å². The van der Waals surface area contributed by atoms with Crippen molar-refractivity contribution in [3.8, 4) is 0 Å². The number of anilines is 1. The predicted molar refractivity (Wildman–Crippen MR) is 63.3 cm³/mol. The maximum absolute atomic E-state index is 4.50. The summed E-state index contributed by atoms with van der Waals surface area (Å²) < 4.78 is 0. The standard InChI is InChI=1S/C10H19N3S/c1-4-6-13(7-5-11-3)10-12-9(2)8-14-10/h8,11H,4-7H2,1-3H3. The molecule has 0 bridgehead atoms. The first kappa shape index (κ1) is 11.5. The number of aryl methyl sites for hydroxylation is 1. The third kappa shape index (κ3) is 3.27. The highest BCUT2D eigenvalue weighted by Crippen LogP contribution is 2.19. The molecule has 14 heavy (non-hydrogen) atoms. The molecule has 1 rings (SSSR count). The summed E-state index contributed by atoms with van der Waals surface area (Å²) in [6, 6.07) is 0. The first-order valence-electron chi connectivity index (χ1n) is 5.09. The van der Waals surface area contributed by atoms with Crippen LogP contribution in [0.5, 0.6) is 0 Å². The van der Waals surface area contributed by atoms with Crippen LogP contribution in [-0.2, 0) is 0 Å². The van der Waals surface area contributed by atoms with E-state index in [-0.39, 0.29) is 0 Å². The number of thiazole rings is 1. The van der Waals surface area contributed by atoms with Gasteiger partial charge in [-0.3, -0.25) is 0 Å². The average molecular weight is 213 g/mol. The summed E-state index contributed by atoms with van der Waals surface area (Å²) in [6.45, 7) is 7.39. The van der Waals surface area contributed by atoms with Gasteiger partial charge in [-0.2, -0.15) is 0 Å². The molecule has 0 amide bonds. The van der Waals surface area contributed by atoms with Crippen LogP contribution in [0.15, 0.2) is 5.38 Å². The van der Waals surface area contributed by atoms with Crippen LogP contribution in [0.1, 0.15) is 19.0 Å². The molecule has 0 spiro atoms. The van der Waals surface area contributed by atoms with Crippen LogP contribution < -0.4 is 10.2 Å². The summed E-state index contributed by atoms with van der Waals surface area (Å²) in [6.07, 6.45) is 1.17. The molecule has 0 aliphatic rings. The molecule has 80 valence electrons. The lowest BCUT2D eigenvalue weighted by molar-refractivity contribution is 0.707. The van der Waals surface area contributed by atoms with Gasteiger partial charge in [0.1, 0.15) is 0 Å². The normalized spacial score (nSPS) is 10.5. The van der Waals surface area contributed by atoms with Crippen LogP contribution in [-0.4, -0.2) is 31.7 Å². The van der Waals surface area contributed by atoms with E-state index in [0.717, 1.165) is 30.5 Å². The van der Waals surface area contributed by atoms with Gasteiger partial charge >= 0.3 is 0 Å². The van der Waals surface area contributed by atoms with Crippen LogP contribution in [0.4, 0.5) is 5.13 Å². The largest absolute Gasteiger partial charge is 0.347 e. The molecule has 1 heterocycles.